The molecule has 142 valence electrons. The fourth-order valence-corrected chi connectivity index (χ4v) is 3.75. The second-order valence-electron chi connectivity index (χ2n) is 6.15. The first-order valence-corrected chi connectivity index (χ1v) is 9.88. The summed E-state index contributed by atoms with van der Waals surface area (Å²) in [6.07, 6.45) is 0. The number of nitrogens with zero attached hydrogens (tertiary/aromatic N) is 2. The third-order valence-electron chi connectivity index (χ3n) is 4.28. The van der Waals surface area contributed by atoms with E-state index in [9.17, 15) is 13.2 Å². The molecule has 0 radical (unpaired) electrons. The van der Waals surface area contributed by atoms with Gasteiger partial charge in [0.2, 0.25) is 0 Å². The second-order valence-corrected chi connectivity index (χ2v) is 7.83. The van der Waals surface area contributed by atoms with Gasteiger partial charge in [0, 0.05) is 17.1 Å². The molecule has 7 nitrogen and oxygen atoms in total. The SMILES string of the molecule is Cc1cc(C(=O)NNS(=O)(=O)c2ccc(C#N)cc2)c(C)n1-c1ccccc1. The zero-order valence-electron chi connectivity index (χ0n) is 15.3. The number of nitriles is 1. The van der Waals surface area contributed by atoms with Crippen LogP contribution in [0, 0.1) is 25.2 Å². The van der Waals surface area contributed by atoms with Gasteiger partial charge in [0.15, 0.2) is 0 Å². The van der Waals surface area contributed by atoms with E-state index in [1.54, 1.807) is 13.0 Å². The van der Waals surface area contributed by atoms with Crippen molar-refractivity contribution in [3.63, 3.8) is 0 Å². The minimum absolute atomic E-state index is 0.0541. The lowest BCUT2D eigenvalue weighted by atomic mass is 10.2. The van der Waals surface area contributed by atoms with Crippen LogP contribution < -0.4 is 10.3 Å². The summed E-state index contributed by atoms with van der Waals surface area (Å²) in [6.45, 7) is 3.67. The number of aryl methyl sites for hydroxylation is 1. The molecular formula is C20H18N4O3S. The van der Waals surface area contributed by atoms with Crippen LogP contribution >= 0.6 is 0 Å². The first kappa shape index (κ1) is 19.4. The summed E-state index contributed by atoms with van der Waals surface area (Å²) in [5, 5.41) is 8.79. The molecule has 0 bridgehead atoms. The second kappa shape index (κ2) is 7.68. The Bertz CT molecular complexity index is 1160. The molecule has 0 unspecified atom stereocenters. The molecule has 3 rings (SSSR count). The number of rotatable bonds is 5. The molecular weight excluding hydrogens is 376 g/mol. The number of sulfonamides is 1. The fourth-order valence-electron chi connectivity index (χ4n) is 2.92. The topological polar surface area (TPSA) is 104 Å². The van der Waals surface area contributed by atoms with E-state index in [0.29, 0.717) is 16.8 Å². The van der Waals surface area contributed by atoms with Gasteiger partial charge in [-0.05, 0) is 56.3 Å². The minimum atomic E-state index is -3.95. The predicted molar refractivity (Wildman–Crippen MR) is 104 cm³/mol. The van der Waals surface area contributed by atoms with Gasteiger partial charge in [0.1, 0.15) is 0 Å². The van der Waals surface area contributed by atoms with E-state index in [-0.39, 0.29) is 4.90 Å². The number of carbonyl (C=O) groups is 1. The van der Waals surface area contributed by atoms with Gasteiger partial charge in [-0.3, -0.25) is 10.2 Å². The molecule has 28 heavy (non-hydrogen) atoms. The Balaban J connectivity index is 1.79. The number of amides is 1. The van der Waals surface area contributed by atoms with Crippen molar-refractivity contribution < 1.29 is 13.2 Å². The maximum Gasteiger partial charge on any atom is 0.268 e. The van der Waals surface area contributed by atoms with Crippen molar-refractivity contribution in [1.82, 2.24) is 14.8 Å². The number of hydrazine groups is 1. The predicted octanol–water partition coefficient (Wildman–Crippen LogP) is 2.59. The molecule has 0 spiro atoms. The summed E-state index contributed by atoms with van der Waals surface area (Å²) in [4.78, 5) is 14.6. The largest absolute Gasteiger partial charge is 0.318 e. The number of hydrogen-bond acceptors (Lipinski definition) is 4. The highest BCUT2D eigenvalue weighted by Gasteiger charge is 2.19. The number of benzene rings is 2. The Labute approximate surface area is 163 Å². The van der Waals surface area contributed by atoms with Crippen molar-refractivity contribution in [3.8, 4) is 11.8 Å². The summed E-state index contributed by atoms with van der Waals surface area (Å²) in [5.74, 6) is -0.562. The van der Waals surface area contributed by atoms with Gasteiger partial charge < -0.3 is 4.57 Å². The Morgan fingerprint density at radius 3 is 2.29 bits per heavy atom. The lowest BCUT2D eigenvalue weighted by Gasteiger charge is -2.10. The van der Waals surface area contributed by atoms with Crippen LogP contribution in [0.1, 0.15) is 27.3 Å². The molecule has 1 aromatic heterocycles. The molecule has 0 aliphatic heterocycles. The molecule has 8 heteroatoms. The maximum atomic E-state index is 12.5. The van der Waals surface area contributed by atoms with E-state index in [0.717, 1.165) is 11.4 Å². The number of carbonyl (C=O) groups excluding carboxylic acids is 1. The monoisotopic (exact) mass is 394 g/mol. The third-order valence-corrected chi connectivity index (χ3v) is 5.55. The quantitative estimate of drug-likeness (QED) is 0.649. The van der Waals surface area contributed by atoms with Gasteiger partial charge >= 0.3 is 0 Å². The van der Waals surface area contributed by atoms with Crippen molar-refractivity contribution in [3.05, 3.63) is 83.2 Å². The van der Waals surface area contributed by atoms with E-state index < -0.39 is 15.9 Å². The zero-order valence-corrected chi connectivity index (χ0v) is 16.1. The van der Waals surface area contributed by atoms with Crippen LogP contribution in [-0.4, -0.2) is 18.9 Å². The van der Waals surface area contributed by atoms with Crippen molar-refractivity contribution in [2.75, 3.05) is 0 Å². The van der Waals surface area contributed by atoms with E-state index in [1.807, 2.05) is 47.9 Å². The van der Waals surface area contributed by atoms with Crippen molar-refractivity contribution >= 4 is 15.9 Å². The normalized spacial score (nSPS) is 11.0. The average molecular weight is 394 g/mol. The summed E-state index contributed by atoms with van der Waals surface area (Å²) >= 11 is 0. The number of para-hydroxylation sites is 1. The molecule has 2 N–H and O–H groups in total. The molecule has 0 fully saturated rings. The third kappa shape index (κ3) is 3.81. The smallest absolute Gasteiger partial charge is 0.268 e. The highest BCUT2D eigenvalue weighted by atomic mass is 32.2. The number of aromatic nitrogens is 1. The fraction of sp³-hybridized carbons (Fsp3) is 0.100. The highest BCUT2D eigenvalue weighted by Crippen LogP contribution is 2.20. The van der Waals surface area contributed by atoms with Gasteiger partial charge in [-0.15, -0.1) is 4.83 Å². The van der Waals surface area contributed by atoms with Crippen LogP contribution in [0.5, 0.6) is 0 Å². The molecule has 2 aromatic carbocycles. The minimum Gasteiger partial charge on any atom is -0.318 e. The van der Waals surface area contributed by atoms with Gasteiger partial charge in [-0.1, -0.05) is 18.2 Å². The van der Waals surface area contributed by atoms with Gasteiger partial charge in [-0.2, -0.15) is 5.26 Å². The van der Waals surface area contributed by atoms with Crippen LogP contribution in [0.3, 0.4) is 0 Å². The molecule has 3 aromatic rings. The molecule has 0 saturated carbocycles. The van der Waals surface area contributed by atoms with Crippen LogP contribution in [0.25, 0.3) is 5.69 Å². The van der Waals surface area contributed by atoms with Crippen molar-refractivity contribution in [2.45, 2.75) is 18.7 Å². The van der Waals surface area contributed by atoms with Gasteiger partial charge in [-0.25, -0.2) is 8.42 Å². The van der Waals surface area contributed by atoms with E-state index in [2.05, 4.69) is 10.3 Å². The van der Waals surface area contributed by atoms with Crippen molar-refractivity contribution in [1.29, 1.82) is 5.26 Å². The average Bonchev–Trinajstić information content (AvgIpc) is 3.01. The van der Waals surface area contributed by atoms with Gasteiger partial charge in [0.05, 0.1) is 22.1 Å². The van der Waals surface area contributed by atoms with Crippen molar-refractivity contribution in [2.24, 2.45) is 0 Å². The summed E-state index contributed by atoms with van der Waals surface area (Å²) in [6, 6.07) is 18.6. The molecule has 1 amide bonds. The number of hydrogen-bond donors (Lipinski definition) is 2. The number of nitrogens with one attached hydrogen (secondary N) is 2. The Hall–Kier alpha value is -3.41. The molecule has 0 aliphatic rings. The maximum absolute atomic E-state index is 12.5. The lowest BCUT2D eigenvalue weighted by molar-refractivity contribution is 0.0944. The molecule has 0 aliphatic carbocycles. The molecule has 1 heterocycles. The van der Waals surface area contributed by atoms with Crippen LogP contribution in [0.15, 0.2) is 65.6 Å². The van der Waals surface area contributed by atoms with E-state index in [4.69, 9.17) is 5.26 Å². The molecule has 0 atom stereocenters. The Morgan fingerprint density at radius 1 is 1.04 bits per heavy atom. The van der Waals surface area contributed by atoms with E-state index >= 15 is 0 Å². The lowest BCUT2D eigenvalue weighted by Crippen LogP contribution is -2.41. The zero-order chi connectivity index (χ0) is 20.3. The van der Waals surface area contributed by atoms with Gasteiger partial charge in [0.25, 0.3) is 15.9 Å². The highest BCUT2D eigenvalue weighted by molar-refractivity contribution is 7.89. The summed E-state index contributed by atoms with van der Waals surface area (Å²) < 4.78 is 26.6. The van der Waals surface area contributed by atoms with Crippen LogP contribution in [0.4, 0.5) is 0 Å². The summed E-state index contributed by atoms with van der Waals surface area (Å²) in [7, 11) is -3.95. The van der Waals surface area contributed by atoms with Crippen LogP contribution in [-0.2, 0) is 10.0 Å². The first-order chi connectivity index (χ1) is 13.3. The van der Waals surface area contributed by atoms with Crippen LogP contribution in [0.2, 0.25) is 0 Å². The Morgan fingerprint density at radius 2 is 1.68 bits per heavy atom. The summed E-state index contributed by atoms with van der Waals surface area (Å²) in [5.41, 5.74) is 5.41. The van der Waals surface area contributed by atoms with E-state index in [1.165, 1.54) is 24.3 Å². The molecule has 0 saturated heterocycles. The Kier molecular flexibility index (Phi) is 5.31. The first-order valence-electron chi connectivity index (χ1n) is 8.40. The standard InChI is InChI=1S/C20H18N4O3S/c1-14-12-19(15(2)24(14)17-6-4-3-5-7-17)20(25)22-23-28(26,27)18-10-8-16(13-21)9-11-18/h3-12,23H,1-2H3,(H,22,25).